The Balaban J connectivity index is 1.83. The van der Waals surface area contributed by atoms with E-state index in [1.54, 1.807) is 18.4 Å². The second-order valence-corrected chi connectivity index (χ2v) is 6.56. The number of aliphatic imine (C=N–C) groups is 1. The lowest BCUT2D eigenvalue weighted by molar-refractivity contribution is -0.137. The number of rotatable bonds is 4. The maximum Gasteiger partial charge on any atom is 0.416 e. The smallest absolute Gasteiger partial charge is 0.346 e. The maximum absolute atomic E-state index is 12.5. The van der Waals surface area contributed by atoms with Gasteiger partial charge >= 0.3 is 6.18 Å². The molecule has 1 heterocycles. The predicted molar refractivity (Wildman–Crippen MR) is 100 cm³/mol. The summed E-state index contributed by atoms with van der Waals surface area (Å²) in [5.74, 6) is 6.47. The maximum atomic E-state index is 12.5. The zero-order valence-corrected chi connectivity index (χ0v) is 15.4. The Labute approximate surface area is 155 Å². The van der Waals surface area contributed by atoms with Crippen LogP contribution in [0.1, 0.15) is 16.0 Å². The number of hydrogen-bond donors (Lipinski definition) is 1. The van der Waals surface area contributed by atoms with Crippen LogP contribution >= 0.6 is 11.3 Å². The number of guanidine groups is 1. The Kier molecular flexibility index (Phi) is 7.10. The molecule has 7 heteroatoms. The summed E-state index contributed by atoms with van der Waals surface area (Å²) >= 11 is 1.73. The first kappa shape index (κ1) is 19.9. The van der Waals surface area contributed by atoms with Crippen LogP contribution in [0.25, 0.3) is 0 Å². The van der Waals surface area contributed by atoms with Crippen molar-refractivity contribution in [1.82, 2.24) is 10.2 Å². The number of likely N-dealkylation sites (N-methyl/N-ethyl adjacent to an activating group) is 1. The van der Waals surface area contributed by atoms with Crippen LogP contribution in [0, 0.1) is 11.8 Å². The van der Waals surface area contributed by atoms with Crippen molar-refractivity contribution < 1.29 is 13.2 Å². The minimum Gasteiger partial charge on any atom is -0.346 e. The van der Waals surface area contributed by atoms with Crippen molar-refractivity contribution in [3.8, 4) is 11.8 Å². The Bertz CT molecular complexity index is 769. The zero-order valence-electron chi connectivity index (χ0n) is 14.6. The fourth-order valence-corrected chi connectivity index (χ4v) is 2.93. The molecule has 0 atom stereocenters. The minimum atomic E-state index is -4.33. The molecule has 2 rings (SSSR count). The highest BCUT2D eigenvalue weighted by Crippen LogP contribution is 2.28. The molecule has 0 aliphatic carbocycles. The first-order valence-corrected chi connectivity index (χ1v) is 8.88. The van der Waals surface area contributed by atoms with E-state index in [9.17, 15) is 13.2 Å². The lowest BCUT2D eigenvalue weighted by Crippen LogP contribution is -2.40. The summed E-state index contributed by atoms with van der Waals surface area (Å²) in [5, 5.41) is 5.19. The third-order valence-corrected chi connectivity index (χ3v) is 4.56. The van der Waals surface area contributed by atoms with Gasteiger partial charge in [-0.25, -0.2) is 0 Å². The van der Waals surface area contributed by atoms with E-state index in [2.05, 4.69) is 33.6 Å². The van der Waals surface area contributed by atoms with E-state index in [-0.39, 0.29) is 0 Å². The van der Waals surface area contributed by atoms with E-state index < -0.39 is 11.7 Å². The molecule has 0 aliphatic heterocycles. The molecule has 0 aliphatic rings. The number of halogens is 3. The molecule has 1 N–H and O–H groups in total. The third-order valence-electron chi connectivity index (χ3n) is 3.63. The lowest BCUT2D eigenvalue weighted by atomic mass is 10.1. The molecule has 0 unspecified atom stereocenters. The first-order chi connectivity index (χ1) is 12.4. The number of nitrogens with zero attached hydrogens (tertiary/aromatic N) is 2. The van der Waals surface area contributed by atoms with Crippen LogP contribution in [0.4, 0.5) is 13.2 Å². The van der Waals surface area contributed by atoms with Gasteiger partial charge in [-0.1, -0.05) is 17.9 Å². The summed E-state index contributed by atoms with van der Waals surface area (Å²) in [6.45, 7) is 1.18. The SMILES string of the molecule is CN=C(NCC#Cc1ccc(C(F)(F)F)cc1)N(C)CCc1cccs1. The Morgan fingerprint density at radius 1 is 1.23 bits per heavy atom. The van der Waals surface area contributed by atoms with Crippen LogP contribution in [0.5, 0.6) is 0 Å². The van der Waals surface area contributed by atoms with Crippen molar-refractivity contribution in [2.45, 2.75) is 12.6 Å². The van der Waals surface area contributed by atoms with E-state index >= 15 is 0 Å². The zero-order chi connectivity index (χ0) is 19.0. The summed E-state index contributed by atoms with van der Waals surface area (Å²) in [4.78, 5) is 7.54. The molecular formula is C19H20F3N3S. The largest absolute Gasteiger partial charge is 0.416 e. The van der Waals surface area contributed by atoms with Crippen LogP contribution in [0.2, 0.25) is 0 Å². The van der Waals surface area contributed by atoms with E-state index in [4.69, 9.17) is 0 Å². The predicted octanol–water partition coefficient (Wildman–Crippen LogP) is 3.87. The van der Waals surface area contributed by atoms with E-state index in [0.717, 1.165) is 31.1 Å². The van der Waals surface area contributed by atoms with Crippen molar-refractivity contribution in [2.24, 2.45) is 4.99 Å². The molecule has 0 spiro atoms. The second kappa shape index (κ2) is 9.30. The minimum absolute atomic E-state index is 0.358. The first-order valence-electron chi connectivity index (χ1n) is 8.00. The van der Waals surface area contributed by atoms with Gasteiger partial charge in [-0.2, -0.15) is 13.2 Å². The van der Waals surface area contributed by atoms with Gasteiger partial charge in [0.15, 0.2) is 5.96 Å². The second-order valence-electron chi connectivity index (χ2n) is 5.53. The average Bonchev–Trinajstić information content (AvgIpc) is 3.13. The quantitative estimate of drug-likeness (QED) is 0.496. The van der Waals surface area contributed by atoms with Gasteiger partial charge in [0.1, 0.15) is 0 Å². The monoisotopic (exact) mass is 379 g/mol. The number of nitrogens with one attached hydrogen (secondary N) is 1. The van der Waals surface area contributed by atoms with Gasteiger partial charge in [0.25, 0.3) is 0 Å². The van der Waals surface area contributed by atoms with E-state index in [1.165, 1.54) is 17.0 Å². The highest BCUT2D eigenvalue weighted by Gasteiger charge is 2.29. The highest BCUT2D eigenvalue weighted by atomic mass is 32.1. The standard InChI is InChI=1S/C19H20F3N3S/c1-23-18(25(2)13-11-17-6-4-14-26-17)24-12-3-5-15-7-9-16(10-8-15)19(20,21)22/h4,6-10,14H,11-13H2,1-2H3,(H,23,24). The van der Waals surface area contributed by atoms with E-state index in [1.807, 2.05) is 18.0 Å². The van der Waals surface area contributed by atoms with Crippen molar-refractivity contribution in [1.29, 1.82) is 0 Å². The lowest BCUT2D eigenvalue weighted by Gasteiger charge is -2.20. The average molecular weight is 379 g/mol. The molecule has 0 saturated carbocycles. The summed E-state index contributed by atoms with van der Waals surface area (Å²) in [6.07, 6.45) is -3.39. The number of hydrogen-bond acceptors (Lipinski definition) is 2. The van der Waals surface area contributed by atoms with Gasteiger partial charge in [-0.05, 0) is 42.1 Å². The summed E-state index contributed by atoms with van der Waals surface area (Å²) in [5.41, 5.74) is -0.130. The van der Waals surface area contributed by atoms with Crippen molar-refractivity contribution in [3.05, 3.63) is 57.8 Å². The summed E-state index contributed by atoms with van der Waals surface area (Å²) < 4.78 is 37.6. The van der Waals surface area contributed by atoms with Crippen molar-refractivity contribution in [2.75, 3.05) is 27.2 Å². The van der Waals surface area contributed by atoms with Gasteiger partial charge in [0, 0.05) is 31.1 Å². The van der Waals surface area contributed by atoms with Gasteiger partial charge < -0.3 is 10.2 Å². The fraction of sp³-hybridized carbons (Fsp3) is 0.316. The molecule has 3 nitrogen and oxygen atoms in total. The molecule has 1 aromatic carbocycles. The summed E-state index contributed by atoms with van der Waals surface area (Å²) in [6, 6.07) is 8.95. The van der Waals surface area contributed by atoms with Gasteiger partial charge in [-0.3, -0.25) is 4.99 Å². The van der Waals surface area contributed by atoms with Crippen LogP contribution in [-0.4, -0.2) is 38.0 Å². The van der Waals surface area contributed by atoms with Crippen LogP contribution in [-0.2, 0) is 12.6 Å². The van der Waals surface area contributed by atoms with Gasteiger partial charge in [0.2, 0.25) is 0 Å². The Morgan fingerprint density at radius 2 is 1.96 bits per heavy atom. The molecule has 0 fully saturated rings. The molecule has 0 amide bonds. The van der Waals surface area contributed by atoms with Crippen molar-refractivity contribution >= 4 is 17.3 Å². The topological polar surface area (TPSA) is 27.6 Å². The molecule has 26 heavy (non-hydrogen) atoms. The van der Waals surface area contributed by atoms with Gasteiger partial charge in [-0.15, -0.1) is 11.3 Å². The van der Waals surface area contributed by atoms with Gasteiger partial charge in [0.05, 0.1) is 12.1 Å². The molecule has 1 aromatic heterocycles. The number of benzene rings is 1. The Morgan fingerprint density at radius 3 is 2.54 bits per heavy atom. The highest BCUT2D eigenvalue weighted by molar-refractivity contribution is 7.09. The normalized spacial score (nSPS) is 11.7. The number of thiophene rings is 1. The molecule has 0 radical (unpaired) electrons. The van der Waals surface area contributed by atoms with Crippen LogP contribution in [0.3, 0.4) is 0 Å². The molecule has 2 aromatic rings. The van der Waals surface area contributed by atoms with Crippen LogP contribution in [0.15, 0.2) is 46.8 Å². The fourth-order valence-electron chi connectivity index (χ4n) is 2.24. The molecule has 0 saturated heterocycles. The number of alkyl halides is 3. The van der Waals surface area contributed by atoms with E-state index in [0.29, 0.717) is 12.1 Å². The Hall–Kier alpha value is -2.46. The third kappa shape index (κ3) is 6.12. The molecule has 0 bridgehead atoms. The van der Waals surface area contributed by atoms with Crippen LogP contribution < -0.4 is 5.32 Å². The summed E-state index contributed by atoms with van der Waals surface area (Å²) in [7, 11) is 3.65. The molecule has 138 valence electrons. The molecular weight excluding hydrogens is 359 g/mol. The van der Waals surface area contributed by atoms with Crippen molar-refractivity contribution in [3.63, 3.8) is 0 Å².